The second kappa shape index (κ2) is 17.5. The van der Waals surface area contributed by atoms with E-state index < -0.39 is 5.97 Å². The second-order valence-corrected chi connectivity index (χ2v) is 8.31. The number of benzene rings is 1. The van der Waals surface area contributed by atoms with E-state index in [1.165, 1.54) is 37.7 Å². The summed E-state index contributed by atoms with van der Waals surface area (Å²) in [6.45, 7) is 2.54. The second-order valence-electron chi connectivity index (χ2n) is 8.31. The fourth-order valence-electron chi connectivity index (χ4n) is 3.62. The van der Waals surface area contributed by atoms with Crippen molar-refractivity contribution in [3.05, 3.63) is 35.9 Å². The molecule has 0 saturated carbocycles. The Bertz CT molecular complexity index is 501. The van der Waals surface area contributed by atoms with Crippen molar-refractivity contribution in [1.82, 2.24) is 0 Å². The van der Waals surface area contributed by atoms with Gasteiger partial charge in [-0.15, -0.1) is 0 Å². The van der Waals surface area contributed by atoms with Gasteiger partial charge in [0, 0.05) is 6.42 Å². The summed E-state index contributed by atoms with van der Waals surface area (Å²) in [6.07, 6.45) is 14.8. The van der Waals surface area contributed by atoms with E-state index in [4.69, 9.17) is 9.84 Å². The molecule has 0 heterocycles. The van der Waals surface area contributed by atoms with Crippen molar-refractivity contribution >= 4 is 5.97 Å². The summed E-state index contributed by atoms with van der Waals surface area (Å²) < 4.78 is 6.22. The average Bonchev–Trinajstić information content (AvgIpc) is 2.70. The van der Waals surface area contributed by atoms with Crippen molar-refractivity contribution < 1.29 is 19.7 Å². The number of carbonyl (C=O) groups is 1. The summed E-state index contributed by atoms with van der Waals surface area (Å²) in [5.41, 5.74) is 1.23. The molecule has 4 heteroatoms. The number of ether oxygens (including phenoxy) is 1. The van der Waals surface area contributed by atoms with Crippen molar-refractivity contribution in [2.75, 3.05) is 0 Å². The zero-order valence-corrected chi connectivity index (χ0v) is 18.4. The van der Waals surface area contributed by atoms with Gasteiger partial charge in [-0.1, -0.05) is 88.1 Å². The van der Waals surface area contributed by atoms with Crippen LogP contribution in [0.15, 0.2) is 30.3 Å². The van der Waals surface area contributed by atoms with Gasteiger partial charge in [0.25, 0.3) is 0 Å². The molecule has 0 bridgehead atoms. The first-order valence-corrected chi connectivity index (χ1v) is 11.6. The van der Waals surface area contributed by atoms with Crippen LogP contribution in [0.5, 0.6) is 0 Å². The molecule has 0 aliphatic heterocycles. The number of aliphatic hydroxyl groups excluding tert-OH is 1. The SMILES string of the molecule is CC(O)CCCCC(CCCCCCCCCCC(=O)O)OCc1ccccc1. The highest BCUT2D eigenvalue weighted by Crippen LogP contribution is 2.18. The smallest absolute Gasteiger partial charge is 0.303 e. The van der Waals surface area contributed by atoms with Crippen molar-refractivity contribution in [3.8, 4) is 0 Å². The normalized spacial score (nSPS) is 13.3. The summed E-state index contributed by atoms with van der Waals surface area (Å²) in [5.74, 6) is -0.681. The van der Waals surface area contributed by atoms with Crippen LogP contribution in [0.2, 0.25) is 0 Å². The fraction of sp³-hybridized carbons (Fsp3) is 0.720. The molecule has 1 aromatic carbocycles. The van der Waals surface area contributed by atoms with E-state index in [1.807, 2.05) is 13.0 Å². The van der Waals surface area contributed by atoms with Crippen LogP contribution in [-0.2, 0) is 16.1 Å². The number of aliphatic hydroxyl groups is 1. The van der Waals surface area contributed by atoms with Gasteiger partial charge in [-0.25, -0.2) is 0 Å². The standard InChI is InChI=1S/C25H42O4/c1-22(26)15-13-14-19-24(29-21-23-16-9-8-10-17-23)18-11-6-4-2-3-5-7-12-20-25(27)28/h8-10,16-17,22,24,26H,2-7,11-15,18-21H2,1H3,(H,27,28). The van der Waals surface area contributed by atoms with E-state index in [2.05, 4.69) is 24.3 Å². The minimum absolute atomic E-state index is 0.206. The Morgan fingerprint density at radius 2 is 1.34 bits per heavy atom. The molecular weight excluding hydrogens is 364 g/mol. The number of hydrogen-bond acceptors (Lipinski definition) is 3. The molecule has 166 valence electrons. The van der Waals surface area contributed by atoms with Gasteiger partial charge in [-0.2, -0.15) is 0 Å². The predicted molar refractivity (Wildman–Crippen MR) is 119 cm³/mol. The summed E-state index contributed by atoms with van der Waals surface area (Å²) in [6, 6.07) is 10.4. The molecule has 4 nitrogen and oxygen atoms in total. The molecule has 2 unspecified atom stereocenters. The molecule has 0 radical (unpaired) electrons. The van der Waals surface area contributed by atoms with Crippen molar-refractivity contribution in [2.24, 2.45) is 0 Å². The van der Waals surface area contributed by atoms with Gasteiger partial charge < -0.3 is 14.9 Å². The van der Waals surface area contributed by atoms with Gasteiger partial charge in [0.2, 0.25) is 0 Å². The molecule has 0 aliphatic rings. The van der Waals surface area contributed by atoms with Crippen LogP contribution in [0.3, 0.4) is 0 Å². The lowest BCUT2D eigenvalue weighted by Gasteiger charge is -2.18. The zero-order chi connectivity index (χ0) is 21.2. The third-order valence-corrected chi connectivity index (χ3v) is 5.39. The highest BCUT2D eigenvalue weighted by Gasteiger charge is 2.10. The van der Waals surface area contributed by atoms with Crippen LogP contribution in [0.1, 0.15) is 102 Å². The maximum Gasteiger partial charge on any atom is 0.303 e. The first-order chi connectivity index (χ1) is 14.1. The Labute approximate surface area is 177 Å². The lowest BCUT2D eigenvalue weighted by molar-refractivity contribution is -0.137. The van der Waals surface area contributed by atoms with Gasteiger partial charge in [-0.3, -0.25) is 4.79 Å². The first kappa shape index (κ1) is 25.6. The third-order valence-electron chi connectivity index (χ3n) is 5.39. The average molecular weight is 407 g/mol. The fourth-order valence-corrected chi connectivity index (χ4v) is 3.62. The van der Waals surface area contributed by atoms with E-state index in [1.54, 1.807) is 0 Å². The molecule has 2 atom stereocenters. The molecule has 0 amide bonds. The van der Waals surface area contributed by atoms with E-state index >= 15 is 0 Å². The molecule has 2 N–H and O–H groups in total. The van der Waals surface area contributed by atoms with E-state index in [-0.39, 0.29) is 6.10 Å². The maximum atomic E-state index is 10.5. The summed E-state index contributed by atoms with van der Waals surface area (Å²) in [4.78, 5) is 10.5. The van der Waals surface area contributed by atoms with Crippen LogP contribution < -0.4 is 0 Å². The van der Waals surface area contributed by atoms with Gasteiger partial charge in [0.05, 0.1) is 18.8 Å². The summed E-state index contributed by atoms with van der Waals surface area (Å²) in [7, 11) is 0. The quantitative estimate of drug-likeness (QED) is 0.257. The molecule has 1 rings (SSSR count). The molecule has 29 heavy (non-hydrogen) atoms. The highest BCUT2D eigenvalue weighted by atomic mass is 16.5. The third kappa shape index (κ3) is 16.1. The molecule has 1 aromatic rings. The number of unbranched alkanes of at least 4 members (excludes halogenated alkanes) is 8. The number of aliphatic carboxylic acids is 1. The summed E-state index contributed by atoms with van der Waals surface area (Å²) >= 11 is 0. The van der Waals surface area contributed by atoms with E-state index in [0.29, 0.717) is 19.1 Å². The molecule has 0 saturated heterocycles. The van der Waals surface area contributed by atoms with Gasteiger partial charge in [0.15, 0.2) is 0 Å². The van der Waals surface area contributed by atoms with Crippen LogP contribution in [-0.4, -0.2) is 28.4 Å². The number of carboxylic acids is 1. The minimum Gasteiger partial charge on any atom is -0.481 e. The highest BCUT2D eigenvalue weighted by molar-refractivity contribution is 5.66. The minimum atomic E-state index is -0.681. The maximum absolute atomic E-state index is 10.5. The molecular formula is C25H42O4. The van der Waals surface area contributed by atoms with Crippen molar-refractivity contribution in [2.45, 2.75) is 116 Å². The molecule has 0 aromatic heterocycles. The Balaban J connectivity index is 2.14. The van der Waals surface area contributed by atoms with Gasteiger partial charge >= 0.3 is 5.97 Å². The largest absolute Gasteiger partial charge is 0.481 e. The lowest BCUT2D eigenvalue weighted by atomic mass is 10.0. The van der Waals surface area contributed by atoms with E-state index in [0.717, 1.165) is 51.4 Å². The first-order valence-electron chi connectivity index (χ1n) is 11.6. The number of hydrogen-bond donors (Lipinski definition) is 2. The zero-order valence-electron chi connectivity index (χ0n) is 18.4. The number of rotatable bonds is 19. The number of carboxylic acid groups (broad SMARTS) is 1. The molecule has 0 spiro atoms. The molecule has 0 fully saturated rings. The Kier molecular flexibility index (Phi) is 15.4. The van der Waals surface area contributed by atoms with Gasteiger partial charge in [0.1, 0.15) is 0 Å². The van der Waals surface area contributed by atoms with Crippen LogP contribution in [0.4, 0.5) is 0 Å². The van der Waals surface area contributed by atoms with Crippen molar-refractivity contribution in [1.29, 1.82) is 0 Å². The monoisotopic (exact) mass is 406 g/mol. The lowest BCUT2D eigenvalue weighted by Crippen LogP contribution is -2.13. The van der Waals surface area contributed by atoms with Crippen LogP contribution in [0, 0.1) is 0 Å². The summed E-state index contributed by atoms with van der Waals surface area (Å²) in [5, 5.41) is 18.1. The Morgan fingerprint density at radius 3 is 1.93 bits per heavy atom. The topological polar surface area (TPSA) is 66.8 Å². The van der Waals surface area contributed by atoms with Crippen LogP contribution >= 0.6 is 0 Å². The Hall–Kier alpha value is -1.39. The van der Waals surface area contributed by atoms with Crippen LogP contribution in [0.25, 0.3) is 0 Å². The van der Waals surface area contributed by atoms with E-state index in [9.17, 15) is 9.90 Å². The van der Waals surface area contributed by atoms with Gasteiger partial charge in [-0.05, 0) is 38.2 Å². The Morgan fingerprint density at radius 1 is 0.828 bits per heavy atom. The van der Waals surface area contributed by atoms with Crippen molar-refractivity contribution in [3.63, 3.8) is 0 Å². The molecule has 0 aliphatic carbocycles. The predicted octanol–water partition coefficient (Wildman–Crippen LogP) is 6.50.